The summed E-state index contributed by atoms with van der Waals surface area (Å²) in [6.07, 6.45) is -0.931. The van der Waals surface area contributed by atoms with E-state index in [1.165, 1.54) is 19.1 Å². The standard InChI is InChI=1S/C17H22ClN3O5/c1-9(2)8-13(16(24)26-10(3)14(22)21-17(19)25)20-15(23)11-4-6-12(18)7-5-11/h4-7,9-10,13H,8H2,1-3H3,(H,20,23)(H3,19,21,22,25)/t10-,13+/m1/s1. The molecule has 0 aromatic heterocycles. The highest BCUT2D eigenvalue weighted by atomic mass is 35.5. The molecule has 0 fully saturated rings. The zero-order valence-electron chi connectivity index (χ0n) is 14.7. The van der Waals surface area contributed by atoms with Gasteiger partial charge >= 0.3 is 12.0 Å². The summed E-state index contributed by atoms with van der Waals surface area (Å²) in [5.41, 5.74) is 5.18. The number of rotatable bonds is 7. The minimum absolute atomic E-state index is 0.0767. The summed E-state index contributed by atoms with van der Waals surface area (Å²) in [6, 6.07) is 4.16. The summed E-state index contributed by atoms with van der Waals surface area (Å²) in [5, 5.41) is 4.89. The van der Waals surface area contributed by atoms with Crippen LogP contribution in [0.1, 0.15) is 37.6 Å². The van der Waals surface area contributed by atoms with E-state index >= 15 is 0 Å². The van der Waals surface area contributed by atoms with Crippen molar-refractivity contribution in [3.63, 3.8) is 0 Å². The van der Waals surface area contributed by atoms with Crippen LogP contribution in [0, 0.1) is 5.92 Å². The zero-order valence-corrected chi connectivity index (χ0v) is 15.5. The number of carbonyl (C=O) groups is 4. The number of esters is 1. The van der Waals surface area contributed by atoms with Gasteiger partial charge in [0, 0.05) is 10.6 Å². The Hall–Kier alpha value is -2.61. The van der Waals surface area contributed by atoms with E-state index in [2.05, 4.69) is 5.32 Å². The van der Waals surface area contributed by atoms with Crippen molar-refractivity contribution < 1.29 is 23.9 Å². The quantitative estimate of drug-likeness (QED) is 0.616. The van der Waals surface area contributed by atoms with Crippen molar-refractivity contribution in [2.45, 2.75) is 39.3 Å². The summed E-state index contributed by atoms with van der Waals surface area (Å²) in [6.45, 7) is 5.04. The molecule has 0 unspecified atom stereocenters. The Morgan fingerprint density at radius 3 is 2.19 bits per heavy atom. The first-order chi connectivity index (χ1) is 12.1. The van der Waals surface area contributed by atoms with Gasteiger partial charge in [0.05, 0.1) is 0 Å². The number of hydrogen-bond donors (Lipinski definition) is 3. The number of hydrogen-bond acceptors (Lipinski definition) is 5. The van der Waals surface area contributed by atoms with Crippen LogP contribution >= 0.6 is 11.6 Å². The van der Waals surface area contributed by atoms with Crippen LogP contribution in [0.15, 0.2) is 24.3 Å². The fourth-order valence-electron chi connectivity index (χ4n) is 2.06. The lowest BCUT2D eigenvalue weighted by atomic mass is 10.0. The minimum atomic E-state index is -1.24. The van der Waals surface area contributed by atoms with Gasteiger partial charge in [-0.3, -0.25) is 14.9 Å². The minimum Gasteiger partial charge on any atom is -0.451 e. The second kappa shape index (κ2) is 9.76. The molecule has 4 amide bonds. The number of imide groups is 1. The molecule has 0 aliphatic rings. The molecule has 0 saturated heterocycles. The summed E-state index contributed by atoms with van der Waals surface area (Å²) >= 11 is 5.79. The molecule has 0 aliphatic heterocycles. The predicted molar refractivity (Wildman–Crippen MR) is 95.4 cm³/mol. The molecule has 26 heavy (non-hydrogen) atoms. The maximum absolute atomic E-state index is 12.3. The lowest BCUT2D eigenvalue weighted by Gasteiger charge is -2.21. The molecule has 1 aromatic rings. The number of ether oxygens (including phenoxy) is 1. The van der Waals surface area contributed by atoms with E-state index in [-0.39, 0.29) is 5.92 Å². The van der Waals surface area contributed by atoms with E-state index in [1.54, 1.807) is 12.1 Å². The summed E-state index contributed by atoms with van der Waals surface area (Å²) < 4.78 is 5.04. The zero-order chi connectivity index (χ0) is 19.9. The number of amides is 4. The highest BCUT2D eigenvalue weighted by molar-refractivity contribution is 6.30. The monoisotopic (exact) mass is 383 g/mol. The van der Waals surface area contributed by atoms with Gasteiger partial charge in [-0.05, 0) is 43.5 Å². The van der Waals surface area contributed by atoms with Crippen LogP contribution in [0.3, 0.4) is 0 Å². The van der Waals surface area contributed by atoms with Gasteiger partial charge in [0.15, 0.2) is 6.10 Å². The molecule has 1 rings (SSSR count). The predicted octanol–water partition coefficient (Wildman–Crippen LogP) is 1.61. The molecule has 0 heterocycles. The molecular formula is C17H22ClN3O5. The van der Waals surface area contributed by atoms with E-state index in [4.69, 9.17) is 22.1 Å². The third kappa shape index (κ3) is 7.10. The molecule has 0 aliphatic carbocycles. The molecule has 142 valence electrons. The molecular weight excluding hydrogens is 362 g/mol. The van der Waals surface area contributed by atoms with Gasteiger partial charge in [-0.2, -0.15) is 0 Å². The fourth-order valence-corrected chi connectivity index (χ4v) is 2.19. The molecule has 0 saturated carbocycles. The number of nitrogens with two attached hydrogens (primary N) is 1. The van der Waals surface area contributed by atoms with Crippen molar-refractivity contribution in [2.75, 3.05) is 0 Å². The number of halogens is 1. The van der Waals surface area contributed by atoms with Crippen molar-refractivity contribution in [2.24, 2.45) is 11.7 Å². The van der Waals surface area contributed by atoms with Crippen LogP contribution in [-0.4, -0.2) is 36.0 Å². The first-order valence-corrected chi connectivity index (χ1v) is 8.35. The maximum Gasteiger partial charge on any atom is 0.329 e. The molecule has 1 aromatic carbocycles. The van der Waals surface area contributed by atoms with Crippen LogP contribution in [-0.2, 0) is 14.3 Å². The van der Waals surface area contributed by atoms with Crippen LogP contribution < -0.4 is 16.4 Å². The molecule has 0 spiro atoms. The first-order valence-electron chi connectivity index (χ1n) is 7.97. The van der Waals surface area contributed by atoms with Gasteiger partial charge in [0.1, 0.15) is 6.04 Å². The van der Waals surface area contributed by atoms with Crippen LogP contribution in [0.5, 0.6) is 0 Å². The molecule has 0 radical (unpaired) electrons. The second-order valence-corrected chi connectivity index (χ2v) is 6.53. The Morgan fingerprint density at radius 2 is 1.69 bits per heavy atom. The number of carbonyl (C=O) groups excluding carboxylic acids is 4. The average molecular weight is 384 g/mol. The molecule has 0 bridgehead atoms. The van der Waals surface area contributed by atoms with Crippen molar-refractivity contribution in [1.29, 1.82) is 0 Å². The second-order valence-electron chi connectivity index (χ2n) is 6.10. The van der Waals surface area contributed by atoms with E-state index in [0.29, 0.717) is 17.0 Å². The largest absolute Gasteiger partial charge is 0.451 e. The maximum atomic E-state index is 12.3. The van der Waals surface area contributed by atoms with Crippen molar-refractivity contribution in [1.82, 2.24) is 10.6 Å². The van der Waals surface area contributed by atoms with Gasteiger partial charge in [-0.25, -0.2) is 9.59 Å². The van der Waals surface area contributed by atoms with E-state index in [1.807, 2.05) is 19.2 Å². The lowest BCUT2D eigenvalue weighted by molar-refractivity contribution is -0.156. The van der Waals surface area contributed by atoms with Crippen LogP contribution in [0.2, 0.25) is 5.02 Å². The molecule has 9 heteroatoms. The van der Waals surface area contributed by atoms with E-state index in [9.17, 15) is 19.2 Å². The Kier molecular flexibility index (Phi) is 8.05. The van der Waals surface area contributed by atoms with E-state index < -0.39 is 36.0 Å². The Balaban J connectivity index is 2.80. The number of benzene rings is 1. The third-order valence-electron chi connectivity index (χ3n) is 3.31. The lowest BCUT2D eigenvalue weighted by Crippen LogP contribution is -2.47. The highest BCUT2D eigenvalue weighted by Crippen LogP contribution is 2.12. The molecule has 8 nitrogen and oxygen atoms in total. The Labute approximate surface area is 156 Å². The average Bonchev–Trinajstić information content (AvgIpc) is 2.53. The van der Waals surface area contributed by atoms with Gasteiger partial charge in [-0.15, -0.1) is 0 Å². The molecule has 2 atom stereocenters. The van der Waals surface area contributed by atoms with E-state index in [0.717, 1.165) is 0 Å². The third-order valence-corrected chi connectivity index (χ3v) is 3.56. The van der Waals surface area contributed by atoms with Crippen molar-refractivity contribution in [3.05, 3.63) is 34.9 Å². The fraction of sp³-hybridized carbons (Fsp3) is 0.412. The normalized spacial score (nSPS) is 12.8. The number of urea groups is 1. The molecule has 4 N–H and O–H groups in total. The SMILES string of the molecule is CC(C)C[C@H](NC(=O)c1ccc(Cl)cc1)C(=O)O[C@H](C)C(=O)NC(N)=O. The van der Waals surface area contributed by atoms with Gasteiger partial charge in [-0.1, -0.05) is 25.4 Å². The summed E-state index contributed by atoms with van der Waals surface area (Å²) in [5.74, 6) is -2.03. The van der Waals surface area contributed by atoms with Crippen molar-refractivity contribution in [3.8, 4) is 0 Å². The first kappa shape index (κ1) is 21.4. The van der Waals surface area contributed by atoms with Gasteiger partial charge in [0.25, 0.3) is 11.8 Å². The van der Waals surface area contributed by atoms with Gasteiger partial charge < -0.3 is 15.8 Å². The Morgan fingerprint density at radius 1 is 1.12 bits per heavy atom. The smallest absolute Gasteiger partial charge is 0.329 e. The van der Waals surface area contributed by atoms with Crippen molar-refractivity contribution >= 4 is 35.4 Å². The Bertz CT molecular complexity index is 675. The van der Waals surface area contributed by atoms with Crippen LogP contribution in [0.25, 0.3) is 0 Å². The summed E-state index contributed by atoms with van der Waals surface area (Å²) in [4.78, 5) is 47.0. The summed E-state index contributed by atoms with van der Waals surface area (Å²) in [7, 11) is 0. The number of nitrogens with one attached hydrogen (secondary N) is 2. The highest BCUT2D eigenvalue weighted by Gasteiger charge is 2.27. The number of primary amides is 1. The van der Waals surface area contributed by atoms with Gasteiger partial charge in [0.2, 0.25) is 0 Å². The van der Waals surface area contributed by atoms with Crippen LogP contribution in [0.4, 0.5) is 4.79 Å². The topological polar surface area (TPSA) is 128 Å².